The Bertz CT molecular complexity index is 1090. The van der Waals surface area contributed by atoms with Gasteiger partial charge in [0.15, 0.2) is 0 Å². The Balaban J connectivity index is 1.40. The molecule has 2 amide bonds. The van der Waals surface area contributed by atoms with E-state index >= 15 is 0 Å². The van der Waals surface area contributed by atoms with Gasteiger partial charge in [0, 0.05) is 30.3 Å². The molecule has 1 fully saturated rings. The molecular weight excluding hydrogens is 422 g/mol. The van der Waals surface area contributed by atoms with Crippen molar-refractivity contribution in [1.82, 2.24) is 19.7 Å². The van der Waals surface area contributed by atoms with Gasteiger partial charge in [-0.15, -0.1) is 5.10 Å². The number of para-hydroxylation sites is 1. The molecule has 166 valence electrons. The number of nitrogens with one attached hydrogen (secondary N) is 1. The summed E-state index contributed by atoms with van der Waals surface area (Å²) >= 11 is 1.32. The van der Waals surface area contributed by atoms with Crippen LogP contribution >= 0.6 is 11.8 Å². The van der Waals surface area contributed by atoms with Gasteiger partial charge in [0.1, 0.15) is 5.82 Å². The molecule has 0 radical (unpaired) electrons. The van der Waals surface area contributed by atoms with E-state index < -0.39 is 0 Å². The number of carbonyl (C=O) groups excluding carboxylic acids is 2. The molecular formula is C24H27N5O2S. The first-order chi connectivity index (χ1) is 15.6. The molecule has 8 heteroatoms. The lowest BCUT2D eigenvalue weighted by Crippen LogP contribution is -2.30. The van der Waals surface area contributed by atoms with Crippen LogP contribution in [0.1, 0.15) is 48.8 Å². The van der Waals surface area contributed by atoms with E-state index in [2.05, 4.69) is 15.4 Å². The molecule has 0 bridgehead atoms. The lowest BCUT2D eigenvalue weighted by Gasteiger charge is -2.19. The summed E-state index contributed by atoms with van der Waals surface area (Å²) in [5.74, 6) is 1.39. The largest absolute Gasteiger partial charge is 0.339 e. The second-order valence-electron chi connectivity index (χ2n) is 7.67. The summed E-state index contributed by atoms with van der Waals surface area (Å²) < 4.78 is 1.89. The third-order valence-electron chi connectivity index (χ3n) is 5.33. The van der Waals surface area contributed by atoms with E-state index in [1.165, 1.54) is 11.8 Å². The highest BCUT2D eigenvalue weighted by Gasteiger charge is 2.30. The van der Waals surface area contributed by atoms with E-state index in [0.29, 0.717) is 35.4 Å². The van der Waals surface area contributed by atoms with Gasteiger partial charge in [-0.3, -0.25) is 9.59 Å². The summed E-state index contributed by atoms with van der Waals surface area (Å²) in [4.78, 5) is 31.5. The molecule has 1 aromatic heterocycles. The molecule has 1 saturated carbocycles. The number of rotatable bonds is 9. The Hall–Kier alpha value is -3.13. The second kappa shape index (κ2) is 9.99. The first-order valence-corrected chi connectivity index (χ1v) is 11.9. The van der Waals surface area contributed by atoms with Crippen molar-refractivity contribution < 1.29 is 9.59 Å². The van der Waals surface area contributed by atoms with Crippen molar-refractivity contribution in [1.29, 1.82) is 0 Å². The van der Waals surface area contributed by atoms with E-state index in [-0.39, 0.29) is 17.6 Å². The topological polar surface area (TPSA) is 80.1 Å². The van der Waals surface area contributed by atoms with Gasteiger partial charge in [-0.25, -0.2) is 9.67 Å². The maximum absolute atomic E-state index is 12.6. The first kappa shape index (κ1) is 22.1. The molecule has 0 atom stereocenters. The van der Waals surface area contributed by atoms with Crippen LogP contribution in [0.25, 0.3) is 5.69 Å². The SMILES string of the molecule is CCN(CC)C(=O)c1cccc(NC(=O)CSc2nc(C3CC3)n(-c3ccccc3)n2)c1. The predicted molar refractivity (Wildman–Crippen MR) is 126 cm³/mol. The zero-order valence-electron chi connectivity index (χ0n) is 18.3. The fraction of sp³-hybridized carbons (Fsp3) is 0.333. The van der Waals surface area contributed by atoms with Gasteiger partial charge < -0.3 is 10.2 Å². The van der Waals surface area contributed by atoms with Crippen LogP contribution in [-0.2, 0) is 4.79 Å². The number of benzene rings is 2. The molecule has 0 saturated heterocycles. The number of amides is 2. The van der Waals surface area contributed by atoms with Gasteiger partial charge in [0.2, 0.25) is 11.1 Å². The summed E-state index contributed by atoms with van der Waals surface area (Å²) in [5.41, 5.74) is 2.15. The normalized spacial score (nSPS) is 13.1. The van der Waals surface area contributed by atoms with Gasteiger partial charge in [-0.05, 0) is 57.0 Å². The third kappa shape index (κ3) is 5.19. The Morgan fingerprint density at radius 2 is 1.84 bits per heavy atom. The summed E-state index contributed by atoms with van der Waals surface area (Å²) in [5, 5.41) is 8.11. The molecule has 1 N–H and O–H groups in total. The average molecular weight is 450 g/mol. The Morgan fingerprint density at radius 1 is 1.09 bits per heavy atom. The molecule has 7 nitrogen and oxygen atoms in total. The molecule has 3 aromatic rings. The first-order valence-electron chi connectivity index (χ1n) is 10.9. The van der Waals surface area contributed by atoms with E-state index in [4.69, 9.17) is 0 Å². The zero-order valence-corrected chi connectivity index (χ0v) is 19.1. The monoisotopic (exact) mass is 449 g/mol. The second-order valence-corrected chi connectivity index (χ2v) is 8.61. The van der Waals surface area contributed by atoms with E-state index in [1.807, 2.05) is 48.9 Å². The van der Waals surface area contributed by atoms with Gasteiger partial charge in [0.05, 0.1) is 11.4 Å². The molecule has 1 aliphatic carbocycles. The fourth-order valence-corrected chi connectivity index (χ4v) is 4.11. The number of aromatic nitrogens is 3. The number of carbonyl (C=O) groups is 2. The fourth-order valence-electron chi connectivity index (χ4n) is 3.48. The molecule has 0 aliphatic heterocycles. The average Bonchev–Trinajstić information content (AvgIpc) is 3.58. The smallest absolute Gasteiger partial charge is 0.253 e. The number of hydrogen-bond acceptors (Lipinski definition) is 5. The Morgan fingerprint density at radius 3 is 2.53 bits per heavy atom. The number of thioether (sulfide) groups is 1. The summed E-state index contributed by atoms with van der Waals surface area (Å²) in [6.45, 7) is 5.19. The zero-order chi connectivity index (χ0) is 22.5. The van der Waals surface area contributed by atoms with Crippen LogP contribution in [0.15, 0.2) is 59.8 Å². The molecule has 4 rings (SSSR count). The van der Waals surface area contributed by atoms with Crippen LogP contribution in [0.3, 0.4) is 0 Å². The van der Waals surface area contributed by atoms with Crippen molar-refractivity contribution in [2.24, 2.45) is 0 Å². The van der Waals surface area contributed by atoms with Gasteiger partial charge >= 0.3 is 0 Å². The van der Waals surface area contributed by atoms with Crippen molar-refractivity contribution in [2.75, 3.05) is 24.2 Å². The van der Waals surface area contributed by atoms with Crippen LogP contribution < -0.4 is 5.32 Å². The standard InChI is InChI=1S/C24H27N5O2S/c1-3-28(4-2)23(31)18-9-8-10-19(15-18)25-21(30)16-32-24-26-22(17-13-14-17)29(27-24)20-11-6-5-7-12-20/h5-12,15,17H,3-4,13-14,16H2,1-2H3,(H,25,30). The van der Waals surface area contributed by atoms with Crippen LogP contribution in [0, 0.1) is 0 Å². The lowest BCUT2D eigenvalue weighted by molar-refractivity contribution is -0.113. The number of hydrogen-bond donors (Lipinski definition) is 1. The van der Waals surface area contributed by atoms with Crippen molar-refractivity contribution in [3.05, 3.63) is 66.0 Å². The highest BCUT2D eigenvalue weighted by molar-refractivity contribution is 7.99. The number of anilines is 1. The van der Waals surface area contributed by atoms with Gasteiger partial charge in [-0.1, -0.05) is 36.0 Å². The molecule has 1 heterocycles. The minimum absolute atomic E-state index is 0.0382. The van der Waals surface area contributed by atoms with Crippen molar-refractivity contribution >= 4 is 29.3 Å². The summed E-state index contributed by atoms with van der Waals surface area (Å²) in [7, 11) is 0. The maximum atomic E-state index is 12.6. The van der Waals surface area contributed by atoms with E-state index in [0.717, 1.165) is 24.4 Å². The van der Waals surface area contributed by atoms with Crippen molar-refractivity contribution in [2.45, 2.75) is 37.8 Å². The lowest BCUT2D eigenvalue weighted by atomic mass is 10.1. The molecule has 0 spiro atoms. The molecule has 32 heavy (non-hydrogen) atoms. The molecule has 1 aliphatic rings. The maximum Gasteiger partial charge on any atom is 0.253 e. The van der Waals surface area contributed by atoms with Crippen molar-refractivity contribution in [3.63, 3.8) is 0 Å². The number of nitrogens with zero attached hydrogens (tertiary/aromatic N) is 4. The minimum atomic E-state index is -0.161. The van der Waals surface area contributed by atoms with Crippen LogP contribution in [0.2, 0.25) is 0 Å². The Kier molecular flexibility index (Phi) is 6.90. The van der Waals surface area contributed by atoms with E-state index in [1.54, 1.807) is 29.2 Å². The molecule has 0 unspecified atom stereocenters. The van der Waals surface area contributed by atoms with Crippen LogP contribution in [0.5, 0.6) is 0 Å². The predicted octanol–water partition coefficient (Wildman–Crippen LogP) is 4.36. The Labute approximate surface area is 192 Å². The summed E-state index contributed by atoms with van der Waals surface area (Å²) in [6, 6.07) is 17.0. The van der Waals surface area contributed by atoms with Crippen LogP contribution in [-0.4, -0.2) is 50.3 Å². The van der Waals surface area contributed by atoms with E-state index in [9.17, 15) is 9.59 Å². The highest BCUT2D eigenvalue weighted by atomic mass is 32.2. The molecule has 2 aromatic carbocycles. The highest BCUT2D eigenvalue weighted by Crippen LogP contribution is 2.40. The van der Waals surface area contributed by atoms with Crippen molar-refractivity contribution in [3.8, 4) is 5.69 Å². The third-order valence-corrected chi connectivity index (χ3v) is 6.17. The minimum Gasteiger partial charge on any atom is -0.339 e. The summed E-state index contributed by atoms with van der Waals surface area (Å²) in [6.07, 6.45) is 2.25. The van der Waals surface area contributed by atoms with Gasteiger partial charge in [0.25, 0.3) is 5.91 Å². The van der Waals surface area contributed by atoms with Crippen LogP contribution in [0.4, 0.5) is 5.69 Å². The quantitative estimate of drug-likeness (QED) is 0.491. The van der Waals surface area contributed by atoms with Gasteiger partial charge in [-0.2, -0.15) is 0 Å².